The molecule has 1 aromatic heterocycles. The number of benzene rings is 2. The average molecular weight is 365 g/mol. The lowest BCUT2D eigenvalue weighted by Crippen LogP contribution is -2.45. The number of rotatable bonds is 7. The normalized spacial score (nSPS) is 10.6. The molecule has 0 fully saturated rings. The molecule has 7 nitrogen and oxygen atoms in total. The zero-order valence-electron chi connectivity index (χ0n) is 15.1. The Labute approximate surface area is 156 Å². The summed E-state index contributed by atoms with van der Waals surface area (Å²) in [5.74, 6) is -0.584. The molecule has 0 aliphatic carbocycles. The Bertz CT molecular complexity index is 963. The highest BCUT2D eigenvalue weighted by molar-refractivity contribution is 5.96. The van der Waals surface area contributed by atoms with E-state index in [1.165, 1.54) is 6.92 Å². The van der Waals surface area contributed by atoms with Gasteiger partial charge in [-0.25, -0.2) is 0 Å². The van der Waals surface area contributed by atoms with E-state index in [1.807, 2.05) is 13.0 Å². The third-order valence-electron chi connectivity index (χ3n) is 3.97. The molecule has 3 aromatic rings. The molecule has 0 unspecified atom stereocenters. The Morgan fingerprint density at radius 1 is 1.11 bits per heavy atom. The van der Waals surface area contributed by atoms with Crippen molar-refractivity contribution >= 4 is 11.6 Å². The Morgan fingerprint density at radius 2 is 1.78 bits per heavy atom. The Hall–Kier alpha value is -3.48. The first-order valence-electron chi connectivity index (χ1n) is 8.53. The van der Waals surface area contributed by atoms with Crippen molar-refractivity contribution in [2.75, 3.05) is 6.61 Å². The van der Waals surface area contributed by atoms with Crippen LogP contribution >= 0.6 is 0 Å². The summed E-state index contributed by atoms with van der Waals surface area (Å²) in [5, 5.41) is 16.8. The van der Waals surface area contributed by atoms with Crippen LogP contribution in [0.4, 0.5) is 0 Å². The largest absolute Gasteiger partial charge is 0.837 e. The monoisotopic (exact) mass is 365 g/mol. The van der Waals surface area contributed by atoms with Crippen LogP contribution in [0.1, 0.15) is 34.7 Å². The number of para-hydroxylation sites is 1. The fourth-order valence-electron chi connectivity index (χ4n) is 2.72. The predicted molar refractivity (Wildman–Crippen MR) is 95.2 cm³/mol. The van der Waals surface area contributed by atoms with Crippen molar-refractivity contribution in [1.29, 1.82) is 0 Å². The molecule has 0 saturated heterocycles. The van der Waals surface area contributed by atoms with Crippen LogP contribution in [0.5, 0.6) is 11.6 Å². The van der Waals surface area contributed by atoms with Gasteiger partial charge in [-0.3, -0.25) is 9.59 Å². The van der Waals surface area contributed by atoms with Gasteiger partial charge in [0.2, 0.25) is 17.3 Å². The number of ether oxygens (including phenoxy) is 1. The summed E-state index contributed by atoms with van der Waals surface area (Å²) in [6.07, 6.45) is 0. The van der Waals surface area contributed by atoms with Gasteiger partial charge in [0, 0.05) is 12.5 Å². The summed E-state index contributed by atoms with van der Waals surface area (Å²) in [4.78, 5) is 24.6. The van der Waals surface area contributed by atoms with E-state index in [9.17, 15) is 14.7 Å². The van der Waals surface area contributed by atoms with Crippen LogP contribution in [0.3, 0.4) is 0 Å². The molecule has 7 heteroatoms. The lowest BCUT2D eigenvalue weighted by molar-refractivity contribution is -0.744. The van der Waals surface area contributed by atoms with E-state index in [0.717, 1.165) is 9.36 Å². The lowest BCUT2D eigenvalue weighted by atomic mass is 10.1. The molecule has 3 rings (SSSR count). The van der Waals surface area contributed by atoms with Gasteiger partial charge in [-0.2, -0.15) is 0 Å². The van der Waals surface area contributed by atoms with E-state index in [-0.39, 0.29) is 18.0 Å². The van der Waals surface area contributed by atoms with E-state index in [2.05, 4.69) is 5.21 Å². The molecule has 0 amide bonds. The number of nitrogens with zero attached hydrogens (tertiary/aromatic N) is 3. The average Bonchev–Trinajstić information content (AvgIpc) is 2.99. The number of carbonyl (C=O) groups is 2. The predicted octanol–water partition coefficient (Wildman–Crippen LogP) is 1.72. The number of hydrogen-bond acceptors (Lipinski definition) is 5. The van der Waals surface area contributed by atoms with Gasteiger partial charge in [-0.1, -0.05) is 18.2 Å². The minimum Gasteiger partial charge on any atom is -0.837 e. The van der Waals surface area contributed by atoms with Crippen LogP contribution in [0.2, 0.25) is 0 Å². The van der Waals surface area contributed by atoms with Gasteiger partial charge in [0.1, 0.15) is 11.6 Å². The van der Waals surface area contributed by atoms with Gasteiger partial charge in [-0.05, 0) is 43.3 Å². The molecule has 0 atom stereocenters. The number of Topliss-reactive ketones (excluding diaryl/α,β-unsaturated/α-hetero) is 2. The number of hydrogen-bond donors (Lipinski definition) is 0. The lowest BCUT2D eigenvalue weighted by Gasteiger charge is -2.04. The van der Waals surface area contributed by atoms with Crippen molar-refractivity contribution in [3.05, 3.63) is 65.9 Å². The van der Waals surface area contributed by atoms with E-state index in [0.29, 0.717) is 23.6 Å². The van der Waals surface area contributed by atoms with Gasteiger partial charge in [0.25, 0.3) is 0 Å². The van der Waals surface area contributed by atoms with E-state index in [4.69, 9.17) is 4.74 Å². The van der Waals surface area contributed by atoms with Crippen molar-refractivity contribution in [3.63, 3.8) is 0 Å². The standard InChI is InChI=1S/C20H19N3O4/c1-3-27-17-11-9-15(10-12-17)18(25)13-22-19(14(2)24)20(26)23(21-22)16-7-5-4-6-8-16/h4-12H,3,13H2,1-2H3. The molecule has 0 radical (unpaired) electrons. The van der Waals surface area contributed by atoms with Crippen molar-refractivity contribution in [1.82, 2.24) is 9.90 Å². The third kappa shape index (κ3) is 3.87. The van der Waals surface area contributed by atoms with Crippen LogP contribution in [-0.4, -0.2) is 28.1 Å². The summed E-state index contributed by atoms with van der Waals surface area (Å²) in [7, 11) is 0. The van der Waals surface area contributed by atoms with Gasteiger partial charge in [0.15, 0.2) is 12.2 Å². The topological polar surface area (TPSA) is 88.1 Å². The van der Waals surface area contributed by atoms with Crippen LogP contribution < -0.4 is 14.5 Å². The summed E-state index contributed by atoms with van der Waals surface area (Å²) in [6.45, 7) is 3.49. The molecule has 0 aliphatic rings. The second-order valence-electron chi connectivity index (χ2n) is 5.88. The maximum Gasteiger partial charge on any atom is 0.227 e. The minimum absolute atomic E-state index is 0.127. The van der Waals surface area contributed by atoms with Crippen molar-refractivity contribution in [2.24, 2.45) is 0 Å². The van der Waals surface area contributed by atoms with Gasteiger partial charge >= 0.3 is 0 Å². The summed E-state index contributed by atoms with van der Waals surface area (Å²) < 4.78 is 7.65. The van der Waals surface area contributed by atoms with Gasteiger partial charge in [-0.15, -0.1) is 9.36 Å². The second kappa shape index (κ2) is 7.82. The van der Waals surface area contributed by atoms with Crippen molar-refractivity contribution in [2.45, 2.75) is 20.4 Å². The summed E-state index contributed by atoms with van der Waals surface area (Å²) in [5.41, 5.74) is 0.845. The molecular weight excluding hydrogens is 346 g/mol. The maximum atomic E-state index is 12.6. The molecule has 0 spiro atoms. The van der Waals surface area contributed by atoms with E-state index >= 15 is 0 Å². The highest BCUT2D eigenvalue weighted by Crippen LogP contribution is 2.16. The molecule has 0 N–H and O–H groups in total. The highest BCUT2D eigenvalue weighted by Gasteiger charge is 2.26. The Balaban J connectivity index is 1.92. The molecule has 138 valence electrons. The smallest absolute Gasteiger partial charge is 0.227 e. The fourth-order valence-corrected chi connectivity index (χ4v) is 2.72. The molecule has 2 aromatic carbocycles. The molecule has 0 bridgehead atoms. The number of ketones is 2. The first kappa shape index (κ1) is 18.3. The molecule has 27 heavy (non-hydrogen) atoms. The van der Waals surface area contributed by atoms with Gasteiger partial charge < -0.3 is 9.84 Å². The Kier molecular flexibility index (Phi) is 5.30. The molecular formula is C20H19N3O4. The van der Waals surface area contributed by atoms with Crippen molar-refractivity contribution < 1.29 is 24.1 Å². The van der Waals surface area contributed by atoms with Crippen molar-refractivity contribution in [3.8, 4) is 17.3 Å². The first-order chi connectivity index (χ1) is 13.0. The van der Waals surface area contributed by atoms with Crippen LogP contribution in [0, 0.1) is 0 Å². The second-order valence-corrected chi connectivity index (χ2v) is 5.88. The SMILES string of the molecule is CCOc1ccc(C(=O)C[n+]2nn(-c3ccccc3)c([O-])c2C(C)=O)cc1. The van der Waals surface area contributed by atoms with Crippen LogP contribution in [0.25, 0.3) is 5.69 Å². The number of carbonyl (C=O) groups excluding carboxylic acids is 2. The molecule has 1 heterocycles. The number of aromatic nitrogens is 3. The quantitative estimate of drug-likeness (QED) is 0.470. The minimum atomic E-state index is -0.548. The zero-order valence-corrected chi connectivity index (χ0v) is 15.1. The Morgan fingerprint density at radius 3 is 2.37 bits per heavy atom. The zero-order chi connectivity index (χ0) is 19.4. The van der Waals surface area contributed by atoms with Crippen LogP contribution in [0.15, 0.2) is 54.6 Å². The van der Waals surface area contributed by atoms with E-state index in [1.54, 1.807) is 48.5 Å². The molecule has 0 saturated carbocycles. The summed E-state index contributed by atoms with van der Waals surface area (Å²) >= 11 is 0. The molecule has 0 aliphatic heterocycles. The first-order valence-corrected chi connectivity index (χ1v) is 8.53. The van der Waals surface area contributed by atoms with Crippen LogP contribution in [-0.2, 0) is 6.54 Å². The summed E-state index contributed by atoms with van der Waals surface area (Å²) in [6, 6.07) is 15.4. The van der Waals surface area contributed by atoms with Gasteiger partial charge in [0.05, 0.1) is 11.8 Å². The van der Waals surface area contributed by atoms with E-state index < -0.39 is 11.7 Å². The third-order valence-corrected chi connectivity index (χ3v) is 3.97. The maximum absolute atomic E-state index is 12.6. The fraction of sp³-hybridized carbons (Fsp3) is 0.200. The highest BCUT2D eigenvalue weighted by atomic mass is 16.5.